The first kappa shape index (κ1) is 13.6. The number of aliphatic hydroxyl groups is 1. The van der Waals surface area contributed by atoms with Crippen LogP contribution in [0.3, 0.4) is 0 Å². The molecule has 0 fully saturated rings. The van der Waals surface area contributed by atoms with Crippen LogP contribution in [0.5, 0.6) is 0 Å². The number of fused-ring (bicyclic) bond motifs is 1. The van der Waals surface area contributed by atoms with Crippen LogP contribution in [-0.2, 0) is 22.7 Å². The van der Waals surface area contributed by atoms with Gasteiger partial charge in [-0.1, -0.05) is 31.2 Å². The molecular formula is C14H20O3S. The highest BCUT2D eigenvalue weighted by Crippen LogP contribution is 2.33. The lowest BCUT2D eigenvalue weighted by Crippen LogP contribution is -2.30. The summed E-state index contributed by atoms with van der Waals surface area (Å²) in [6, 6.07) is 8.03. The van der Waals surface area contributed by atoms with Gasteiger partial charge in [-0.15, -0.1) is 0 Å². The molecular weight excluding hydrogens is 248 g/mol. The third kappa shape index (κ3) is 3.12. The van der Waals surface area contributed by atoms with Gasteiger partial charge in [-0.05, 0) is 24.0 Å². The zero-order chi connectivity index (χ0) is 13.2. The standard InChI is InChI=1S/C14H20O3S/c1-2-18(16,17)9-5-8-14(15)10-12-6-3-4-7-13(12)11-14/h3-4,6-7,15H,2,5,8-11H2,1H3. The molecule has 0 aliphatic heterocycles. The van der Waals surface area contributed by atoms with E-state index >= 15 is 0 Å². The van der Waals surface area contributed by atoms with Crippen LogP contribution in [0.2, 0.25) is 0 Å². The van der Waals surface area contributed by atoms with Crippen molar-refractivity contribution >= 4 is 9.84 Å². The number of hydrogen-bond donors (Lipinski definition) is 1. The Morgan fingerprint density at radius 1 is 1.22 bits per heavy atom. The van der Waals surface area contributed by atoms with Gasteiger partial charge in [0.15, 0.2) is 0 Å². The molecule has 0 saturated carbocycles. The SMILES string of the molecule is CCS(=O)(=O)CCCC1(O)Cc2ccccc2C1. The Balaban J connectivity index is 1.92. The summed E-state index contributed by atoms with van der Waals surface area (Å²) in [4.78, 5) is 0. The minimum absolute atomic E-state index is 0.183. The van der Waals surface area contributed by atoms with E-state index in [-0.39, 0.29) is 11.5 Å². The largest absolute Gasteiger partial charge is 0.389 e. The molecule has 0 radical (unpaired) electrons. The van der Waals surface area contributed by atoms with Gasteiger partial charge in [-0.2, -0.15) is 0 Å². The summed E-state index contributed by atoms with van der Waals surface area (Å²) in [6.07, 6.45) is 2.40. The average molecular weight is 268 g/mol. The number of sulfone groups is 1. The van der Waals surface area contributed by atoms with Crippen molar-refractivity contribution in [3.63, 3.8) is 0 Å². The Labute approximate surface area is 109 Å². The van der Waals surface area contributed by atoms with Gasteiger partial charge in [-0.3, -0.25) is 0 Å². The van der Waals surface area contributed by atoms with E-state index in [1.165, 1.54) is 11.1 Å². The van der Waals surface area contributed by atoms with Crippen molar-refractivity contribution in [1.82, 2.24) is 0 Å². The second-order valence-corrected chi connectivity index (χ2v) is 7.66. The molecule has 100 valence electrons. The normalized spacial score (nSPS) is 17.7. The molecule has 18 heavy (non-hydrogen) atoms. The Morgan fingerprint density at radius 3 is 2.28 bits per heavy atom. The zero-order valence-corrected chi connectivity index (χ0v) is 11.5. The van der Waals surface area contributed by atoms with Gasteiger partial charge in [0, 0.05) is 18.6 Å². The Bertz CT molecular complexity index is 495. The predicted molar refractivity (Wildman–Crippen MR) is 72.4 cm³/mol. The minimum atomic E-state index is -2.92. The summed E-state index contributed by atoms with van der Waals surface area (Å²) in [7, 11) is -2.92. The van der Waals surface area contributed by atoms with Crippen molar-refractivity contribution < 1.29 is 13.5 Å². The fourth-order valence-electron chi connectivity index (χ4n) is 2.62. The van der Waals surface area contributed by atoms with E-state index in [9.17, 15) is 13.5 Å². The van der Waals surface area contributed by atoms with E-state index in [1.807, 2.05) is 24.3 Å². The van der Waals surface area contributed by atoms with Gasteiger partial charge < -0.3 is 5.11 Å². The Hall–Kier alpha value is -0.870. The van der Waals surface area contributed by atoms with Crippen LogP contribution in [0.25, 0.3) is 0 Å². The van der Waals surface area contributed by atoms with Gasteiger partial charge in [0.2, 0.25) is 0 Å². The van der Waals surface area contributed by atoms with Crippen LogP contribution in [-0.4, -0.2) is 30.6 Å². The van der Waals surface area contributed by atoms with Crippen LogP contribution < -0.4 is 0 Å². The minimum Gasteiger partial charge on any atom is -0.389 e. The molecule has 4 heteroatoms. The molecule has 0 amide bonds. The number of hydrogen-bond acceptors (Lipinski definition) is 3. The summed E-state index contributed by atoms with van der Waals surface area (Å²) in [6.45, 7) is 1.66. The van der Waals surface area contributed by atoms with Crippen molar-refractivity contribution in [3.8, 4) is 0 Å². The van der Waals surface area contributed by atoms with E-state index in [4.69, 9.17) is 0 Å². The fraction of sp³-hybridized carbons (Fsp3) is 0.571. The molecule has 1 aliphatic carbocycles. The van der Waals surface area contributed by atoms with Crippen molar-refractivity contribution in [3.05, 3.63) is 35.4 Å². The fourth-order valence-corrected chi connectivity index (χ4v) is 3.49. The third-order valence-corrected chi connectivity index (χ3v) is 5.49. The highest BCUT2D eigenvalue weighted by atomic mass is 32.2. The first-order valence-corrected chi connectivity index (χ1v) is 8.26. The molecule has 0 spiro atoms. The average Bonchev–Trinajstić information content (AvgIpc) is 2.65. The van der Waals surface area contributed by atoms with Gasteiger partial charge >= 0.3 is 0 Å². The molecule has 1 aromatic rings. The summed E-state index contributed by atoms with van der Waals surface area (Å²) >= 11 is 0. The molecule has 1 aromatic carbocycles. The molecule has 0 saturated heterocycles. The maximum Gasteiger partial charge on any atom is 0.150 e. The van der Waals surface area contributed by atoms with E-state index in [2.05, 4.69) is 0 Å². The van der Waals surface area contributed by atoms with Crippen molar-refractivity contribution in [2.75, 3.05) is 11.5 Å². The van der Waals surface area contributed by atoms with Crippen LogP contribution in [0.4, 0.5) is 0 Å². The second kappa shape index (κ2) is 5.02. The molecule has 0 unspecified atom stereocenters. The Morgan fingerprint density at radius 2 is 1.78 bits per heavy atom. The zero-order valence-electron chi connectivity index (χ0n) is 10.7. The van der Waals surface area contributed by atoms with Gasteiger partial charge in [0.1, 0.15) is 9.84 Å². The van der Waals surface area contributed by atoms with Crippen LogP contribution in [0.1, 0.15) is 30.9 Å². The highest BCUT2D eigenvalue weighted by Gasteiger charge is 2.34. The van der Waals surface area contributed by atoms with E-state index < -0.39 is 15.4 Å². The molecule has 1 aliphatic rings. The first-order chi connectivity index (χ1) is 8.44. The van der Waals surface area contributed by atoms with E-state index in [0.717, 1.165) is 0 Å². The topological polar surface area (TPSA) is 54.4 Å². The lowest BCUT2D eigenvalue weighted by molar-refractivity contribution is 0.0419. The lowest BCUT2D eigenvalue weighted by Gasteiger charge is -2.21. The monoisotopic (exact) mass is 268 g/mol. The Kier molecular flexibility index (Phi) is 3.78. The molecule has 1 N–H and O–H groups in total. The first-order valence-electron chi connectivity index (χ1n) is 6.44. The molecule has 2 rings (SSSR count). The summed E-state index contributed by atoms with van der Waals surface area (Å²) in [5.41, 5.74) is 1.64. The second-order valence-electron chi connectivity index (χ2n) is 5.19. The van der Waals surface area contributed by atoms with Gasteiger partial charge in [0.25, 0.3) is 0 Å². The summed E-state index contributed by atoms with van der Waals surface area (Å²) in [5, 5.41) is 10.5. The third-order valence-electron chi connectivity index (χ3n) is 3.69. The quantitative estimate of drug-likeness (QED) is 0.885. The van der Waals surface area contributed by atoms with E-state index in [1.54, 1.807) is 6.92 Å². The smallest absolute Gasteiger partial charge is 0.150 e. The van der Waals surface area contributed by atoms with E-state index in [0.29, 0.717) is 25.7 Å². The molecule has 3 nitrogen and oxygen atoms in total. The van der Waals surface area contributed by atoms with Crippen molar-refractivity contribution in [2.45, 2.75) is 38.2 Å². The van der Waals surface area contributed by atoms with Crippen LogP contribution >= 0.6 is 0 Å². The molecule has 0 bridgehead atoms. The lowest BCUT2D eigenvalue weighted by atomic mass is 9.95. The molecule has 0 atom stereocenters. The maximum atomic E-state index is 11.4. The summed E-state index contributed by atoms with van der Waals surface area (Å²) in [5.74, 6) is 0.369. The maximum absolute atomic E-state index is 11.4. The number of benzene rings is 1. The van der Waals surface area contributed by atoms with Crippen molar-refractivity contribution in [1.29, 1.82) is 0 Å². The molecule has 0 heterocycles. The van der Waals surface area contributed by atoms with Crippen LogP contribution in [0, 0.1) is 0 Å². The van der Waals surface area contributed by atoms with Crippen molar-refractivity contribution in [2.24, 2.45) is 0 Å². The number of rotatable bonds is 5. The van der Waals surface area contributed by atoms with Gasteiger partial charge in [-0.25, -0.2) is 8.42 Å². The van der Waals surface area contributed by atoms with Crippen LogP contribution in [0.15, 0.2) is 24.3 Å². The van der Waals surface area contributed by atoms with Gasteiger partial charge in [0.05, 0.1) is 11.4 Å². The molecule has 0 aromatic heterocycles. The summed E-state index contributed by atoms with van der Waals surface area (Å²) < 4.78 is 22.8. The predicted octanol–water partition coefficient (Wildman–Crippen LogP) is 1.73. The highest BCUT2D eigenvalue weighted by molar-refractivity contribution is 7.91.